The Kier molecular flexibility index (Phi) is 7.42. The van der Waals surface area contributed by atoms with Crippen molar-refractivity contribution in [2.75, 3.05) is 13.1 Å². The number of nitrogens with one attached hydrogen (secondary N) is 1. The highest BCUT2D eigenvalue weighted by Crippen LogP contribution is 2.29. The van der Waals surface area contributed by atoms with Gasteiger partial charge in [-0.2, -0.15) is 5.10 Å². The highest BCUT2D eigenvalue weighted by atomic mass is 35.5. The Hall–Kier alpha value is -2.34. The number of fused-ring (bicyclic) bond motifs is 1. The summed E-state index contributed by atoms with van der Waals surface area (Å²) in [6, 6.07) is 7.79. The zero-order valence-electron chi connectivity index (χ0n) is 19.9. The molecule has 2 amide bonds. The smallest absolute Gasteiger partial charge is 0.274 e. The lowest BCUT2D eigenvalue weighted by atomic mass is 9.94. The molecule has 33 heavy (non-hydrogen) atoms. The average Bonchev–Trinajstić information content (AvgIpc) is 2.99. The van der Waals surface area contributed by atoms with E-state index in [2.05, 4.69) is 19.2 Å². The number of hydrogen-bond acceptors (Lipinski definition) is 3. The van der Waals surface area contributed by atoms with Crippen molar-refractivity contribution in [3.63, 3.8) is 0 Å². The molecule has 0 radical (unpaired) electrons. The van der Waals surface area contributed by atoms with Crippen LogP contribution in [0.3, 0.4) is 0 Å². The summed E-state index contributed by atoms with van der Waals surface area (Å²) in [5.74, 6) is 0.486. The molecule has 0 saturated carbocycles. The minimum Gasteiger partial charge on any atom is -0.353 e. The van der Waals surface area contributed by atoms with Gasteiger partial charge < -0.3 is 10.2 Å². The van der Waals surface area contributed by atoms with E-state index in [1.807, 2.05) is 40.8 Å². The molecule has 1 aliphatic heterocycles. The number of likely N-dealkylation sites (tertiary alicyclic amines) is 1. The van der Waals surface area contributed by atoms with E-state index in [0.29, 0.717) is 42.6 Å². The van der Waals surface area contributed by atoms with Crippen LogP contribution < -0.4 is 5.32 Å². The van der Waals surface area contributed by atoms with E-state index in [9.17, 15) is 9.59 Å². The normalized spacial score (nSPS) is 18.0. The number of carbonyl (C=O) groups is 2. The van der Waals surface area contributed by atoms with Crippen molar-refractivity contribution in [2.45, 2.75) is 71.8 Å². The van der Waals surface area contributed by atoms with E-state index in [1.54, 1.807) is 0 Å². The first-order valence-electron chi connectivity index (χ1n) is 12.3. The molecule has 6 nitrogen and oxygen atoms in total. The molecule has 2 aromatic rings. The molecular formula is C26H35ClN4O2. The minimum absolute atomic E-state index is 0.00438. The van der Waals surface area contributed by atoms with Gasteiger partial charge in [0.25, 0.3) is 5.91 Å². The number of nitrogens with zero attached hydrogens (tertiary/aromatic N) is 3. The van der Waals surface area contributed by atoms with Crippen molar-refractivity contribution in [3.05, 3.63) is 46.2 Å². The van der Waals surface area contributed by atoms with Crippen molar-refractivity contribution in [2.24, 2.45) is 11.8 Å². The van der Waals surface area contributed by atoms with Gasteiger partial charge in [0.2, 0.25) is 5.91 Å². The minimum atomic E-state index is -0.0287. The van der Waals surface area contributed by atoms with E-state index in [1.165, 1.54) is 0 Å². The first-order chi connectivity index (χ1) is 15.8. The van der Waals surface area contributed by atoms with Crippen LogP contribution in [0.25, 0.3) is 5.69 Å². The van der Waals surface area contributed by atoms with E-state index < -0.39 is 0 Å². The van der Waals surface area contributed by atoms with Gasteiger partial charge in [-0.1, -0.05) is 31.9 Å². The Balaban J connectivity index is 1.51. The zero-order chi connectivity index (χ0) is 23.5. The lowest BCUT2D eigenvalue weighted by Gasteiger charge is -2.32. The van der Waals surface area contributed by atoms with Crippen LogP contribution in [0.2, 0.25) is 5.02 Å². The molecular weight excluding hydrogens is 436 g/mol. The van der Waals surface area contributed by atoms with E-state index in [4.69, 9.17) is 16.7 Å². The summed E-state index contributed by atoms with van der Waals surface area (Å²) < 4.78 is 1.94. The van der Waals surface area contributed by atoms with Gasteiger partial charge in [-0.25, -0.2) is 4.68 Å². The summed E-state index contributed by atoms with van der Waals surface area (Å²) in [7, 11) is 0. The van der Waals surface area contributed by atoms with E-state index >= 15 is 0 Å². The molecule has 1 N–H and O–H groups in total. The quantitative estimate of drug-likeness (QED) is 0.638. The number of carbonyl (C=O) groups excluding carboxylic acids is 2. The number of hydrogen-bond donors (Lipinski definition) is 1. The fraction of sp³-hybridized carbons (Fsp3) is 0.577. The Morgan fingerprint density at radius 1 is 1.03 bits per heavy atom. The molecule has 0 bridgehead atoms. The second-order valence-corrected chi connectivity index (χ2v) is 10.3. The molecule has 1 aromatic heterocycles. The molecule has 1 unspecified atom stereocenters. The molecule has 1 saturated heterocycles. The summed E-state index contributed by atoms with van der Waals surface area (Å²) in [6.45, 7) is 7.45. The Morgan fingerprint density at radius 3 is 2.36 bits per heavy atom. The van der Waals surface area contributed by atoms with Crippen molar-refractivity contribution in [1.82, 2.24) is 20.0 Å². The lowest BCUT2D eigenvalue weighted by Crippen LogP contribution is -2.46. The number of aromatic nitrogens is 2. The third-order valence-electron chi connectivity index (χ3n) is 7.23. The van der Waals surface area contributed by atoms with Gasteiger partial charge >= 0.3 is 0 Å². The van der Waals surface area contributed by atoms with Crippen molar-refractivity contribution >= 4 is 23.4 Å². The monoisotopic (exact) mass is 470 g/mol. The van der Waals surface area contributed by atoms with Gasteiger partial charge in [-0.15, -0.1) is 0 Å². The average molecular weight is 471 g/mol. The van der Waals surface area contributed by atoms with Crippen molar-refractivity contribution in [3.8, 4) is 5.69 Å². The third-order valence-corrected chi connectivity index (χ3v) is 7.48. The van der Waals surface area contributed by atoms with Crippen LogP contribution in [-0.2, 0) is 17.6 Å². The number of benzene rings is 1. The first-order valence-corrected chi connectivity index (χ1v) is 12.7. The standard InChI is InChI=1S/C26H35ClN4O2/c1-17(2)18(3)28-25(32)19-13-15-30(16-14-19)26(33)24-22-7-5-4-6-8-23(22)31(29-24)21-11-9-20(27)10-12-21/h9-12,17-19H,4-8,13-16H2,1-3H3,(H,28,32). The molecule has 4 rings (SSSR count). The highest BCUT2D eigenvalue weighted by molar-refractivity contribution is 6.30. The second kappa shape index (κ2) is 10.3. The summed E-state index contributed by atoms with van der Waals surface area (Å²) in [6.07, 6.45) is 6.55. The topological polar surface area (TPSA) is 67.2 Å². The molecule has 1 fully saturated rings. The number of amides is 2. The molecule has 2 heterocycles. The van der Waals surface area contributed by atoms with Crippen LogP contribution in [0.5, 0.6) is 0 Å². The molecule has 0 spiro atoms. The van der Waals surface area contributed by atoms with Gasteiger partial charge in [0.1, 0.15) is 0 Å². The van der Waals surface area contributed by atoms with Crippen molar-refractivity contribution < 1.29 is 9.59 Å². The van der Waals surface area contributed by atoms with Crippen LogP contribution >= 0.6 is 11.6 Å². The fourth-order valence-electron chi connectivity index (χ4n) is 4.75. The Bertz CT molecular complexity index is 990. The molecule has 1 atom stereocenters. The summed E-state index contributed by atoms with van der Waals surface area (Å²) in [5.41, 5.74) is 3.76. The van der Waals surface area contributed by atoms with E-state index in [-0.39, 0.29) is 23.8 Å². The van der Waals surface area contributed by atoms with Crippen LogP contribution in [0, 0.1) is 11.8 Å². The lowest BCUT2D eigenvalue weighted by molar-refractivity contribution is -0.127. The maximum Gasteiger partial charge on any atom is 0.274 e. The summed E-state index contributed by atoms with van der Waals surface area (Å²) in [5, 5.41) is 8.64. The SMILES string of the molecule is CC(C)C(C)NC(=O)C1CCN(C(=O)c2nn(-c3ccc(Cl)cc3)c3c2CCCCC3)CC1. The predicted molar refractivity (Wildman–Crippen MR) is 131 cm³/mol. The molecule has 1 aromatic carbocycles. The maximum atomic E-state index is 13.6. The Morgan fingerprint density at radius 2 is 1.70 bits per heavy atom. The Labute approximate surface area is 201 Å². The molecule has 178 valence electrons. The highest BCUT2D eigenvalue weighted by Gasteiger charge is 2.32. The number of rotatable bonds is 5. The van der Waals surface area contributed by atoms with E-state index in [0.717, 1.165) is 49.0 Å². The number of halogens is 1. The van der Waals surface area contributed by atoms with Gasteiger partial charge in [-0.05, 0) is 75.6 Å². The van der Waals surface area contributed by atoms with Crippen molar-refractivity contribution in [1.29, 1.82) is 0 Å². The second-order valence-electron chi connectivity index (χ2n) is 9.83. The van der Waals surface area contributed by atoms with Gasteiger partial charge in [0.05, 0.1) is 5.69 Å². The summed E-state index contributed by atoms with van der Waals surface area (Å²) >= 11 is 6.08. The third kappa shape index (κ3) is 5.26. The largest absolute Gasteiger partial charge is 0.353 e. The van der Waals surface area contributed by atoms with Crippen LogP contribution in [0.15, 0.2) is 24.3 Å². The molecule has 1 aliphatic carbocycles. The maximum absolute atomic E-state index is 13.6. The predicted octanol–water partition coefficient (Wildman–Crippen LogP) is 4.81. The van der Waals surface area contributed by atoms with Crippen LogP contribution in [0.4, 0.5) is 0 Å². The molecule has 2 aliphatic rings. The van der Waals surface area contributed by atoms with Gasteiger partial charge in [0.15, 0.2) is 5.69 Å². The number of piperidine rings is 1. The zero-order valence-corrected chi connectivity index (χ0v) is 20.7. The molecule has 7 heteroatoms. The van der Waals surface area contributed by atoms with Gasteiger partial charge in [-0.3, -0.25) is 9.59 Å². The summed E-state index contributed by atoms with van der Waals surface area (Å²) in [4.78, 5) is 28.1. The van der Waals surface area contributed by atoms with Crippen LogP contribution in [0.1, 0.15) is 74.6 Å². The van der Waals surface area contributed by atoms with Gasteiger partial charge in [0, 0.05) is 41.3 Å². The first kappa shape index (κ1) is 23.8. The van der Waals surface area contributed by atoms with Crippen LogP contribution in [-0.4, -0.2) is 45.6 Å². The fourth-order valence-corrected chi connectivity index (χ4v) is 4.87.